The Hall–Kier alpha value is -0.540. The standard InChI is InChI=1S/C12H16FNS/c13-12(5-6-15-9-12)7-10-1-3-11(8-14)4-2-10/h1-4H,5-9,14H2. The van der Waals surface area contributed by atoms with Crippen molar-refractivity contribution in [1.82, 2.24) is 0 Å². The largest absolute Gasteiger partial charge is 0.326 e. The topological polar surface area (TPSA) is 26.0 Å². The molecule has 1 saturated heterocycles. The van der Waals surface area contributed by atoms with Gasteiger partial charge < -0.3 is 5.73 Å². The van der Waals surface area contributed by atoms with Gasteiger partial charge in [0.05, 0.1) is 0 Å². The highest BCUT2D eigenvalue weighted by Crippen LogP contribution is 2.34. The third-order valence-electron chi connectivity index (χ3n) is 2.83. The van der Waals surface area contributed by atoms with Gasteiger partial charge in [-0.1, -0.05) is 24.3 Å². The molecule has 0 amide bonds. The number of nitrogens with two attached hydrogens (primary N) is 1. The molecule has 2 rings (SSSR count). The van der Waals surface area contributed by atoms with Crippen LogP contribution in [0.3, 0.4) is 0 Å². The Bertz CT molecular complexity index is 317. The van der Waals surface area contributed by atoms with Crippen molar-refractivity contribution in [2.45, 2.75) is 25.1 Å². The van der Waals surface area contributed by atoms with Gasteiger partial charge in [-0.05, 0) is 23.3 Å². The van der Waals surface area contributed by atoms with Crippen molar-refractivity contribution >= 4 is 11.8 Å². The molecule has 1 unspecified atom stereocenters. The molecule has 1 aliphatic heterocycles. The molecule has 1 heterocycles. The summed E-state index contributed by atoms with van der Waals surface area (Å²) >= 11 is 1.71. The minimum atomic E-state index is -0.977. The van der Waals surface area contributed by atoms with E-state index in [1.165, 1.54) is 0 Å². The molecule has 1 nitrogen and oxygen atoms in total. The summed E-state index contributed by atoms with van der Waals surface area (Å²) in [7, 11) is 0. The van der Waals surface area contributed by atoms with E-state index in [2.05, 4.69) is 0 Å². The fourth-order valence-electron chi connectivity index (χ4n) is 1.88. The van der Waals surface area contributed by atoms with Gasteiger partial charge in [0.2, 0.25) is 0 Å². The van der Waals surface area contributed by atoms with E-state index in [0.717, 1.165) is 16.9 Å². The van der Waals surface area contributed by atoms with Crippen LogP contribution in [0.4, 0.5) is 4.39 Å². The molecular weight excluding hydrogens is 209 g/mol. The molecular formula is C12H16FNS. The fourth-order valence-corrected chi connectivity index (χ4v) is 3.15. The van der Waals surface area contributed by atoms with Crippen LogP contribution in [0.25, 0.3) is 0 Å². The van der Waals surface area contributed by atoms with Gasteiger partial charge >= 0.3 is 0 Å². The molecule has 0 radical (unpaired) electrons. The van der Waals surface area contributed by atoms with Crippen molar-refractivity contribution in [3.8, 4) is 0 Å². The zero-order valence-electron chi connectivity index (χ0n) is 8.71. The maximum atomic E-state index is 14.1. The van der Waals surface area contributed by atoms with E-state index in [1.54, 1.807) is 11.8 Å². The number of alkyl halides is 1. The van der Waals surface area contributed by atoms with Gasteiger partial charge in [-0.2, -0.15) is 11.8 Å². The van der Waals surface area contributed by atoms with E-state index in [0.29, 0.717) is 25.1 Å². The second-order valence-corrected chi connectivity index (χ2v) is 5.26. The highest BCUT2D eigenvalue weighted by molar-refractivity contribution is 7.99. The Balaban J connectivity index is 2.04. The molecule has 0 saturated carbocycles. The first-order chi connectivity index (χ1) is 7.22. The van der Waals surface area contributed by atoms with Gasteiger partial charge in [0.25, 0.3) is 0 Å². The third kappa shape index (κ3) is 2.73. The molecule has 3 heteroatoms. The summed E-state index contributed by atoms with van der Waals surface area (Å²) in [6, 6.07) is 7.96. The summed E-state index contributed by atoms with van der Waals surface area (Å²) in [5.41, 5.74) is 6.72. The van der Waals surface area contributed by atoms with Gasteiger partial charge in [-0.3, -0.25) is 0 Å². The molecule has 0 aliphatic carbocycles. The average Bonchev–Trinajstić information content (AvgIpc) is 2.66. The van der Waals surface area contributed by atoms with Crippen molar-refractivity contribution in [2.75, 3.05) is 11.5 Å². The van der Waals surface area contributed by atoms with Crippen LogP contribution >= 0.6 is 11.8 Å². The Labute approximate surface area is 94.2 Å². The van der Waals surface area contributed by atoms with Crippen molar-refractivity contribution in [3.05, 3.63) is 35.4 Å². The first-order valence-electron chi connectivity index (χ1n) is 5.26. The summed E-state index contributed by atoms with van der Waals surface area (Å²) in [6.45, 7) is 0.552. The van der Waals surface area contributed by atoms with Crippen LogP contribution in [-0.2, 0) is 13.0 Å². The Morgan fingerprint density at radius 3 is 2.47 bits per heavy atom. The van der Waals surface area contributed by atoms with Crippen LogP contribution in [0.5, 0.6) is 0 Å². The lowest BCUT2D eigenvalue weighted by Gasteiger charge is -2.17. The molecule has 1 aromatic rings. The van der Waals surface area contributed by atoms with Crippen LogP contribution < -0.4 is 5.73 Å². The molecule has 1 aromatic carbocycles. The summed E-state index contributed by atoms with van der Waals surface area (Å²) < 4.78 is 14.1. The maximum absolute atomic E-state index is 14.1. The minimum absolute atomic E-state index is 0.546. The highest BCUT2D eigenvalue weighted by Gasteiger charge is 2.34. The predicted molar refractivity (Wildman–Crippen MR) is 63.8 cm³/mol. The molecule has 0 spiro atoms. The summed E-state index contributed by atoms with van der Waals surface area (Å²) in [5, 5.41) is 0. The highest BCUT2D eigenvalue weighted by atomic mass is 32.2. The van der Waals surface area contributed by atoms with E-state index in [4.69, 9.17) is 5.73 Å². The predicted octanol–water partition coefficient (Wildman–Crippen LogP) is 2.53. The van der Waals surface area contributed by atoms with Crippen molar-refractivity contribution < 1.29 is 4.39 Å². The lowest BCUT2D eigenvalue weighted by Crippen LogP contribution is -2.25. The van der Waals surface area contributed by atoms with Gasteiger partial charge in [0.1, 0.15) is 5.67 Å². The lowest BCUT2D eigenvalue weighted by atomic mass is 9.95. The van der Waals surface area contributed by atoms with Crippen molar-refractivity contribution in [2.24, 2.45) is 5.73 Å². The lowest BCUT2D eigenvalue weighted by molar-refractivity contribution is 0.199. The molecule has 82 valence electrons. The van der Waals surface area contributed by atoms with Crippen molar-refractivity contribution in [3.63, 3.8) is 0 Å². The Morgan fingerprint density at radius 1 is 1.27 bits per heavy atom. The van der Waals surface area contributed by atoms with Crippen LogP contribution in [-0.4, -0.2) is 17.2 Å². The summed E-state index contributed by atoms with van der Waals surface area (Å²) in [4.78, 5) is 0. The molecule has 1 atom stereocenters. The molecule has 0 bridgehead atoms. The van der Waals surface area contributed by atoms with Crippen LogP contribution in [0, 0.1) is 0 Å². The monoisotopic (exact) mass is 225 g/mol. The van der Waals surface area contributed by atoms with Crippen LogP contribution in [0.15, 0.2) is 24.3 Å². The van der Waals surface area contributed by atoms with Crippen LogP contribution in [0.2, 0.25) is 0 Å². The number of rotatable bonds is 3. The van der Waals surface area contributed by atoms with Gasteiger partial charge in [0, 0.05) is 18.7 Å². The van der Waals surface area contributed by atoms with Gasteiger partial charge in [-0.25, -0.2) is 4.39 Å². The SMILES string of the molecule is NCc1ccc(CC2(F)CCSC2)cc1. The third-order valence-corrected chi connectivity index (χ3v) is 4.05. The zero-order chi connectivity index (χ0) is 10.7. The van der Waals surface area contributed by atoms with E-state index in [9.17, 15) is 4.39 Å². The summed E-state index contributed by atoms with van der Waals surface area (Å²) in [6.07, 6.45) is 1.24. The Morgan fingerprint density at radius 2 is 1.93 bits per heavy atom. The molecule has 1 fully saturated rings. The molecule has 0 aromatic heterocycles. The first kappa shape index (κ1) is 11.0. The number of benzene rings is 1. The van der Waals surface area contributed by atoms with E-state index in [-0.39, 0.29) is 0 Å². The van der Waals surface area contributed by atoms with E-state index < -0.39 is 5.67 Å². The molecule has 15 heavy (non-hydrogen) atoms. The second kappa shape index (κ2) is 4.54. The number of thioether (sulfide) groups is 1. The van der Waals surface area contributed by atoms with E-state index >= 15 is 0 Å². The zero-order valence-corrected chi connectivity index (χ0v) is 9.52. The first-order valence-corrected chi connectivity index (χ1v) is 6.42. The number of hydrogen-bond acceptors (Lipinski definition) is 2. The smallest absolute Gasteiger partial charge is 0.124 e. The maximum Gasteiger partial charge on any atom is 0.124 e. The quantitative estimate of drug-likeness (QED) is 0.855. The van der Waals surface area contributed by atoms with Gasteiger partial charge in [-0.15, -0.1) is 0 Å². The van der Waals surface area contributed by atoms with E-state index in [1.807, 2.05) is 24.3 Å². The normalized spacial score (nSPS) is 25.7. The molecule has 1 aliphatic rings. The van der Waals surface area contributed by atoms with Crippen molar-refractivity contribution in [1.29, 1.82) is 0 Å². The summed E-state index contributed by atoms with van der Waals surface area (Å²) in [5.74, 6) is 1.60. The Kier molecular flexibility index (Phi) is 3.32. The average molecular weight is 225 g/mol. The molecule has 2 N–H and O–H groups in total. The van der Waals surface area contributed by atoms with Crippen LogP contribution in [0.1, 0.15) is 17.5 Å². The number of halogens is 1. The fraction of sp³-hybridized carbons (Fsp3) is 0.500. The minimum Gasteiger partial charge on any atom is -0.326 e. The second-order valence-electron chi connectivity index (χ2n) is 4.15. The van der Waals surface area contributed by atoms with Gasteiger partial charge in [0.15, 0.2) is 0 Å². The number of hydrogen-bond donors (Lipinski definition) is 1.